The maximum atomic E-state index is 9.80. The van der Waals surface area contributed by atoms with Crippen molar-refractivity contribution in [2.75, 3.05) is 38.5 Å². The second kappa shape index (κ2) is 10.4. The molecule has 6 heteroatoms. The molecule has 1 aliphatic rings. The fraction of sp³-hybridized carbons (Fsp3) is 0.267. The number of anilines is 2. The van der Waals surface area contributed by atoms with Crippen molar-refractivity contribution in [1.82, 2.24) is 19.8 Å². The number of fused-ring (bicyclic) bond motifs is 1. The Labute approximate surface area is 212 Å². The molecule has 0 spiro atoms. The van der Waals surface area contributed by atoms with Crippen LogP contribution in [-0.2, 0) is 6.54 Å². The quantitative estimate of drug-likeness (QED) is 0.373. The number of nitrogens with one attached hydrogen (secondary N) is 2. The maximum absolute atomic E-state index is 9.80. The van der Waals surface area contributed by atoms with Crippen molar-refractivity contribution in [1.29, 1.82) is 5.26 Å². The Balaban J connectivity index is 1.43. The molecular formula is C30H32N6. The molecule has 0 bridgehead atoms. The summed E-state index contributed by atoms with van der Waals surface area (Å²) in [6, 6.07) is 15.0. The molecule has 0 radical (unpaired) electrons. The molecule has 0 unspecified atom stereocenters. The van der Waals surface area contributed by atoms with Crippen LogP contribution >= 0.6 is 0 Å². The summed E-state index contributed by atoms with van der Waals surface area (Å²) in [5, 5.41) is 14.5. The van der Waals surface area contributed by atoms with Crippen LogP contribution in [0.1, 0.15) is 33.4 Å². The summed E-state index contributed by atoms with van der Waals surface area (Å²) in [7, 11) is 2.19. The molecule has 0 atom stereocenters. The maximum Gasteiger partial charge on any atom is 0.103 e. The van der Waals surface area contributed by atoms with Crippen LogP contribution < -0.4 is 5.32 Å². The van der Waals surface area contributed by atoms with Gasteiger partial charge in [0, 0.05) is 73.5 Å². The van der Waals surface area contributed by atoms with E-state index in [4.69, 9.17) is 0 Å². The van der Waals surface area contributed by atoms with Gasteiger partial charge in [-0.05, 0) is 61.3 Å². The topological polar surface area (TPSA) is 71.0 Å². The van der Waals surface area contributed by atoms with Crippen molar-refractivity contribution >= 4 is 34.4 Å². The van der Waals surface area contributed by atoms with Gasteiger partial charge in [0.25, 0.3) is 0 Å². The molecule has 4 aromatic rings. The lowest BCUT2D eigenvalue weighted by Gasteiger charge is -2.32. The zero-order valence-corrected chi connectivity index (χ0v) is 21.2. The lowest BCUT2D eigenvalue weighted by atomic mass is 10.00. The van der Waals surface area contributed by atoms with Gasteiger partial charge in [0.05, 0.1) is 11.3 Å². The van der Waals surface area contributed by atoms with E-state index in [1.807, 2.05) is 12.4 Å². The number of nitriles is 1. The lowest BCUT2D eigenvalue weighted by Crippen LogP contribution is -2.43. The highest BCUT2D eigenvalue weighted by Gasteiger charge is 2.15. The molecule has 2 aromatic carbocycles. The van der Waals surface area contributed by atoms with Crippen LogP contribution in [0.25, 0.3) is 23.1 Å². The van der Waals surface area contributed by atoms with Crippen LogP contribution in [-0.4, -0.2) is 53.0 Å². The summed E-state index contributed by atoms with van der Waals surface area (Å²) in [5.74, 6) is 0. The third-order valence-electron chi connectivity index (χ3n) is 7.28. The predicted octanol–water partition coefficient (Wildman–Crippen LogP) is 5.71. The molecule has 2 aromatic heterocycles. The van der Waals surface area contributed by atoms with Crippen LogP contribution in [0, 0.1) is 25.2 Å². The van der Waals surface area contributed by atoms with Crippen LogP contribution in [0.2, 0.25) is 0 Å². The number of aromatic nitrogens is 2. The number of hydrogen-bond donors (Lipinski definition) is 2. The van der Waals surface area contributed by atoms with Crippen LogP contribution in [0.15, 0.2) is 55.0 Å². The predicted molar refractivity (Wildman–Crippen MR) is 148 cm³/mol. The molecule has 3 heterocycles. The average molecular weight is 477 g/mol. The van der Waals surface area contributed by atoms with Gasteiger partial charge in [-0.15, -0.1) is 0 Å². The number of benzene rings is 2. The summed E-state index contributed by atoms with van der Waals surface area (Å²) >= 11 is 0. The molecule has 1 saturated heterocycles. The zero-order valence-electron chi connectivity index (χ0n) is 21.2. The van der Waals surface area contributed by atoms with Gasteiger partial charge < -0.3 is 15.2 Å². The molecular weight excluding hydrogens is 444 g/mol. The van der Waals surface area contributed by atoms with Gasteiger partial charge in [-0.3, -0.25) is 9.88 Å². The van der Waals surface area contributed by atoms with Crippen molar-refractivity contribution in [3.63, 3.8) is 0 Å². The fourth-order valence-electron chi connectivity index (χ4n) is 4.86. The molecule has 1 fully saturated rings. The first-order chi connectivity index (χ1) is 17.5. The van der Waals surface area contributed by atoms with E-state index < -0.39 is 0 Å². The van der Waals surface area contributed by atoms with E-state index in [1.165, 1.54) is 16.7 Å². The van der Waals surface area contributed by atoms with Gasteiger partial charge in [-0.1, -0.05) is 30.4 Å². The minimum absolute atomic E-state index is 0.520. The van der Waals surface area contributed by atoms with E-state index in [0.29, 0.717) is 5.56 Å². The Kier molecular flexibility index (Phi) is 6.86. The first-order valence-corrected chi connectivity index (χ1v) is 12.4. The van der Waals surface area contributed by atoms with Gasteiger partial charge in [0.2, 0.25) is 0 Å². The molecule has 5 rings (SSSR count). The minimum Gasteiger partial charge on any atom is -0.361 e. The van der Waals surface area contributed by atoms with Gasteiger partial charge in [0.15, 0.2) is 0 Å². The highest BCUT2D eigenvalue weighted by atomic mass is 15.2. The first-order valence-electron chi connectivity index (χ1n) is 12.4. The SMILES string of the molecule is Cc1c(/C=C/c2cncc(C#N)c2Nc2ccc3[nH]ccc3c2C)cccc1CN1CCN(C)CC1. The molecule has 0 aliphatic carbocycles. The molecule has 0 saturated carbocycles. The largest absolute Gasteiger partial charge is 0.361 e. The second-order valence-electron chi connectivity index (χ2n) is 9.61. The van der Waals surface area contributed by atoms with E-state index in [1.54, 1.807) is 6.20 Å². The third-order valence-corrected chi connectivity index (χ3v) is 7.28. The van der Waals surface area contributed by atoms with Crippen molar-refractivity contribution in [3.8, 4) is 6.07 Å². The number of likely N-dealkylation sites (N-methyl/N-ethyl adjacent to an activating group) is 1. The molecule has 36 heavy (non-hydrogen) atoms. The number of rotatable bonds is 6. The van der Waals surface area contributed by atoms with E-state index in [2.05, 4.69) is 101 Å². The molecule has 1 aliphatic heterocycles. The van der Waals surface area contributed by atoms with E-state index in [9.17, 15) is 5.26 Å². The van der Waals surface area contributed by atoms with Gasteiger partial charge in [-0.2, -0.15) is 5.26 Å². The third kappa shape index (κ3) is 4.90. The standard InChI is InChI=1S/C30H32N6/c1-21-23(5-4-6-25(21)20-36-15-13-35(3)14-16-36)7-8-24-18-32-19-26(17-31)30(24)34-28-9-10-29-27(22(28)2)11-12-33-29/h4-12,18-19,33H,13-16,20H2,1-3H3,(H,32,34)/b8-7+. The Hall–Kier alpha value is -3.92. The molecule has 182 valence electrons. The summed E-state index contributed by atoms with van der Waals surface area (Å²) < 4.78 is 0. The summed E-state index contributed by atoms with van der Waals surface area (Å²) in [5.41, 5.74) is 9.22. The number of pyridine rings is 1. The van der Waals surface area contributed by atoms with E-state index in [-0.39, 0.29) is 0 Å². The Bertz CT molecular complexity index is 1450. The van der Waals surface area contributed by atoms with Crippen LogP contribution in [0.3, 0.4) is 0 Å². The lowest BCUT2D eigenvalue weighted by molar-refractivity contribution is 0.148. The minimum atomic E-state index is 0.520. The Morgan fingerprint density at radius 3 is 2.61 bits per heavy atom. The molecule has 2 N–H and O–H groups in total. The van der Waals surface area contributed by atoms with Gasteiger partial charge in [-0.25, -0.2) is 0 Å². The normalized spacial score (nSPS) is 14.9. The monoisotopic (exact) mass is 476 g/mol. The summed E-state index contributed by atoms with van der Waals surface area (Å²) in [4.78, 5) is 12.5. The van der Waals surface area contributed by atoms with E-state index >= 15 is 0 Å². The summed E-state index contributed by atoms with van der Waals surface area (Å²) in [6.07, 6.45) is 9.57. The first kappa shape index (κ1) is 23.8. The number of nitrogens with zero attached hydrogens (tertiary/aromatic N) is 4. The number of piperazine rings is 1. The van der Waals surface area contributed by atoms with Crippen molar-refractivity contribution in [2.45, 2.75) is 20.4 Å². The Morgan fingerprint density at radius 1 is 1.00 bits per heavy atom. The van der Waals surface area contributed by atoms with Crippen LogP contribution in [0.5, 0.6) is 0 Å². The smallest absolute Gasteiger partial charge is 0.103 e. The number of H-pyrrole nitrogens is 1. The second-order valence-corrected chi connectivity index (χ2v) is 9.61. The number of hydrogen-bond acceptors (Lipinski definition) is 5. The zero-order chi connectivity index (χ0) is 25.1. The Morgan fingerprint density at radius 2 is 1.81 bits per heavy atom. The van der Waals surface area contributed by atoms with Crippen LogP contribution in [0.4, 0.5) is 11.4 Å². The van der Waals surface area contributed by atoms with Crippen molar-refractivity contribution in [2.24, 2.45) is 0 Å². The van der Waals surface area contributed by atoms with Gasteiger partial charge >= 0.3 is 0 Å². The van der Waals surface area contributed by atoms with Gasteiger partial charge in [0.1, 0.15) is 6.07 Å². The fourth-order valence-corrected chi connectivity index (χ4v) is 4.86. The summed E-state index contributed by atoms with van der Waals surface area (Å²) in [6.45, 7) is 9.71. The van der Waals surface area contributed by atoms with E-state index in [0.717, 1.165) is 66.1 Å². The highest BCUT2D eigenvalue weighted by molar-refractivity contribution is 5.90. The van der Waals surface area contributed by atoms with Crippen molar-refractivity contribution < 1.29 is 0 Å². The molecule has 0 amide bonds. The average Bonchev–Trinajstić information content (AvgIpc) is 3.38. The van der Waals surface area contributed by atoms with Crippen molar-refractivity contribution in [3.05, 3.63) is 88.4 Å². The number of aromatic amines is 1. The highest BCUT2D eigenvalue weighted by Crippen LogP contribution is 2.31. The number of aryl methyl sites for hydroxylation is 1. The molecule has 6 nitrogen and oxygen atoms in total.